The lowest BCUT2D eigenvalue weighted by Gasteiger charge is -2.06. The van der Waals surface area contributed by atoms with Crippen molar-refractivity contribution in [3.63, 3.8) is 0 Å². The summed E-state index contributed by atoms with van der Waals surface area (Å²) in [4.78, 5) is 10.6. The summed E-state index contributed by atoms with van der Waals surface area (Å²) in [6.45, 7) is 2.94. The van der Waals surface area contributed by atoms with Crippen molar-refractivity contribution in [3.8, 4) is 5.75 Å². The summed E-state index contributed by atoms with van der Waals surface area (Å²) in [5, 5.41) is 22.4. The first-order valence-corrected chi connectivity index (χ1v) is 4.77. The van der Waals surface area contributed by atoms with Gasteiger partial charge in [-0.05, 0) is 18.6 Å². The van der Waals surface area contributed by atoms with Crippen LogP contribution in [-0.4, -0.2) is 22.3 Å². The highest BCUT2D eigenvalue weighted by molar-refractivity contribution is 5.85. The van der Waals surface area contributed by atoms with Crippen molar-refractivity contribution in [2.45, 2.75) is 20.5 Å². The molecule has 1 amide bonds. The van der Waals surface area contributed by atoms with Crippen LogP contribution in [0.15, 0.2) is 17.2 Å². The van der Waals surface area contributed by atoms with Crippen LogP contribution in [0.2, 0.25) is 0 Å². The predicted octanol–water partition coefficient (Wildman–Crippen LogP) is 0.663. The summed E-state index contributed by atoms with van der Waals surface area (Å²) < 4.78 is 0. The number of benzene rings is 1. The van der Waals surface area contributed by atoms with E-state index >= 15 is 0 Å². The molecule has 0 aliphatic heterocycles. The minimum absolute atomic E-state index is 0.0257. The number of hydrogen-bond acceptors (Lipinski definition) is 4. The number of aliphatic hydroxyl groups is 1. The fraction of sp³-hybridized carbons (Fsp3) is 0.273. The van der Waals surface area contributed by atoms with Crippen LogP contribution in [0.25, 0.3) is 0 Å². The molecule has 0 unspecified atom stereocenters. The molecule has 0 aliphatic carbocycles. The monoisotopic (exact) mass is 222 g/mol. The Balaban J connectivity index is 2.99. The molecule has 1 aromatic carbocycles. The fourth-order valence-corrected chi connectivity index (χ4v) is 1.30. The topological polar surface area (TPSA) is 81.9 Å². The molecule has 0 aromatic heterocycles. The van der Waals surface area contributed by atoms with E-state index < -0.39 is 0 Å². The number of carbonyl (C=O) groups excluding carboxylic acids is 1. The average Bonchev–Trinajstić information content (AvgIpc) is 2.22. The van der Waals surface area contributed by atoms with Crippen molar-refractivity contribution in [1.29, 1.82) is 0 Å². The number of aromatic hydroxyl groups is 1. The average molecular weight is 222 g/mol. The zero-order valence-corrected chi connectivity index (χ0v) is 9.19. The van der Waals surface area contributed by atoms with Gasteiger partial charge in [-0.3, -0.25) is 4.79 Å². The maximum Gasteiger partial charge on any atom is 0.236 e. The maximum absolute atomic E-state index is 10.6. The van der Waals surface area contributed by atoms with Crippen molar-refractivity contribution in [1.82, 2.24) is 5.43 Å². The molecular weight excluding hydrogens is 208 g/mol. The largest absolute Gasteiger partial charge is 0.507 e. The number of aliphatic hydroxyl groups excluding tert-OH is 1. The minimum Gasteiger partial charge on any atom is -0.507 e. The molecule has 0 radical (unpaired) electrons. The first-order valence-electron chi connectivity index (χ1n) is 4.77. The molecular formula is C11H14N2O3. The number of nitrogens with one attached hydrogen (secondary N) is 1. The summed E-state index contributed by atoms with van der Waals surface area (Å²) in [5.41, 5.74) is 4.02. The zero-order chi connectivity index (χ0) is 12.1. The van der Waals surface area contributed by atoms with E-state index in [1.165, 1.54) is 13.1 Å². The molecule has 0 fully saturated rings. The maximum atomic E-state index is 10.6. The Morgan fingerprint density at radius 3 is 2.81 bits per heavy atom. The van der Waals surface area contributed by atoms with Gasteiger partial charge in [-0.2, -0.15) is 5.10 Å². The molecule has 1 aromatic rings. The van der Waals surface area contributed by atoms with E-state index in [0.29, 0.717) is 11.1 Å². The number of phenols is 1. The molecule has 0 aliphatic rings. The van der Waals surface area contributed by atoms with Gasteiger partial charge in [0.25, 0.3) is 0 Å². The number of hydrogen-bond donors (Lipinski definition) is 3. The second kappa shape index (κ2) is 5.27. The molecule has 0 spiro atoms. The van der Waals surface area contributed by atoms with Crippen molar-refractivity contribution >= 4 is 12.1 Å². The second-order valence-corrected chi connectivity index (χ2v) is 3.45. The quantitative estimate of drug-likeness (QED) is 0.519. The van der Waals surface area contributed by atoms with Gasteiger partial charge in [-0.1, -0.05) is 6.07 Å². The molecule has 0 saturated carbocycles. The first-order chi connectivity index (χ1) is 7.54. The van der Waals surface area contributed by atoms with Crippen LogP contribution in [0.1, 0.15) is 23.6 Å². The van der Waals surface area contributed by atoms with Crippen LogP contribution in [0.4, 0.5) is 0 Å². The molecule has 1 rings (SSSR count). The highest BCUT2D eigenvalue weighted by Crippen LogP contribution is 2.23. The minimum atomic E-state index is -0.286. The van der Waals surface area contributed by atoms with Crippen molar-refractivity contribution < 1.29 is 15.0 Å². The van der Waals surface area contributed by atoms with Gasteiger partial charge in [0.05, 0.1) is 12.8 Å². The summed E-state index contributed by atoms with van der Waals surface area (Å²) in [6.07, 6.45) is 1.34. The third kappa shape index (κ3) is 3.06. The predicted molar refractivity (Wildman–Crippen MR) is 60.2 cm³/mol. The summed E-state index contributed by atoms with van der Waals surface area (Å²) in [5.74, 6) is -0.312. The molecule has 3 N–H and O–H groups in total. The van der Waals surface area contributed by atoms with E-state index in [-0.39, 0.29) is 18.3 Å². The van der Waals surface area contributed by atoms with E-state index in [4.69, 9.17) is 5.11 Å². The Kier molecular flexibility index (Phi) is 4.02. The number of aryl methyl sites for hydroxylation is 1. The normalized spacial score (nSPS) is 10.7. The molecule has 16 heavy (non-hydrogen) atoms. The fourth-order valence-electron chi connectivity index (χ4n) is 1.30. The van der Waals surface area contributed by atoms with Crippen LogP contribution in [0.5, 0.6) is 5.75 Å². The van der Waals surface area contributed by atoms with E-state index in [1.807, 2.05) is 6.92 Å². The molecule has 0 heterocycles. The highest BCUT2D eigenvalue weighted by Gasteiger charge is 2.06. The van der Waals surface area contributed by atoms with Crippen LogP contribution in [0, 0.1) is 6.92 Å². The lowest BCUT2D eigenvalue weighted by molar-refractivity contribution is -0.118. The Labute approximate surface area is 93.4 Å². The Morgan fingerprint density at radius 2 is 2.25 bits per heavy atom. The van der Waals surface area contributed by atoms with Gasteiger partial charge in [0.15, 0.2) is 0 Å². The van der Waals surface area contributed by atoms with Crippen molar-refractivity contribution in [2.75, 3.05) is 0 Å². The van der Waals surface area contributed by atoms with Gasteiger partial charge >= 0.3 is 0 Å². The number of amides is 1. The Hall–Kier alpha value is -1.88. The summed E-state index contributed by atoms with van der Waals surface area (Å²) >= 11 is 0. The summed E-state index contributed by atoms with van der Waals surface area (Å²) in [6, 6.07) is 3.39. The van der Waals surface area contributed by atoms with Crippen molar-refractivity contribution in [3.05, 3.63) is 28.8 Å². The molecule has 5 heteroatoms. The smallest absolute Gasteiger partial charge is 0.236 e. The van der Waals surface area contributed by atoms with E-state index in [9.17, 15) is 9.90 Å². The number of carbonyl (C=O) groups is 1. The Bertz CT molecular complexity index is 427. The van der Waals surface area contributed by atoms with Gasteiger partial charge in [-0.15, -0.1) is 0 Å². The van der Waals surface area contributed by atoms with Gasteiger partial charge < -0.3 is 10.2 Å². The van der Waals surface area contributed by atoms with E-state index in [1.54, 1.807) is 12.1 Å². The molecule has 0 saturated heterocycles. The number of hydrazone groups is 1. The van der Waals surface area contributed by atoms with E-state index in [2.05, 4.69) is 10.5 Å². The van der Waals surface area contributed by atoms with Gasteiger partial charge in [0.1, 0.15) is 5.75 Å². The number of nitrogens with zero attached hydrogens (tertiary/aromatic N) is 1. The number of rotatable bonds is 3. The van der Waals surface area contributed by atoms with Crippen molar-refractivity contribution in [2.24, 2.45) is 5.10 Å². The molecule has 0 bridgehead atoms. The summed E-state index contributed by atoms with van der Waals surface area (Å²) in [7, 11) is 0. The molecule has 86 valence electrons. The third-order valence-electron chi connectivity index (χ3n) is 1.96. The standard InChI is InChI=1S/C11H14N2O3/c1-7-3-9(5-12-13-8(2)15)11(16)10(4-7)6-14/h3-5,14,16H,6H2,1-2H3,(H,13,15)/b12-5+. The SMILES string of the molecule is CC(=O)N/N=C/c1cc(C)cc(CO)c1O. The highest BCUT2D eigenvalue weighted by atomic mass is 16.3. The van der Waals surface area contributed by atoms with Gasteiger partial charge in [-0.25, -0.2) is 5.43 Å². The zero-order valence-electron chi connectivity index (χ0n) is 9.19. The third-order valence-corrected chi connectivity index (χ3v) is 1.96. The molecule has 0 atom stereocenters. The lowest BCUT2D eigenvalue weighted by atomic mass is 10.1. The van der Waals surface area contributed by atoms with Gasteiger partial charge in [0, 0.05) is 18.1 Å². The van der Waals surface area contributed by atoms with E-state index in [0.717, 1.165) is 5.56 Å². The van der Waals surface area contributed by atoms with Crippen LogP contribution >= 0.6 is 0 Å². The van der Waals surface area contributed by atoms with Crippen LogP contribution in [0.3, 0.4) is 0 Å². The molecule has 5 nitrogen and oxygen atoms in total. The first kappa shape index (κ1) is 12.2. The lowest BCUT2D eigenvalue weighted by Crippen LogP contribution is -2.12. The van der Waals surface area contributed by atoms with Crippen LogP contribution in [-0.2, 0) is 11.4 Å². The Morgan fingerprint density at radius 1 is 1.56 bits per heavy atom. The van der Waals surface area contributed by atoms with Crippen LogP contribution < -0.4 is 5.43 Å². The van der Waals surface area contributed by atoms with Gasteiger partial charge in [0.2, 0.25) is 5.91 Å². The second-order valence-electron chi connectivity index (χ2n) is 3.45.